The van der Waals surface area contributed by atoms with Crippen LogP contribution in [0.15, 0.2) is 96.6 Å². The number of aromatic nitrogens is 2. The van der Waals surface area contributed by atoms with E-state index in [1.807, 2.05) is 35.7 Å². The number of hydrogen-bond donors (Lipinski definition) is 6. The van der Waals surface area contributed by atoms with Gasteiger partial charge in [-0.1, -0.05) is 48.5 Å². The van der Waals surface area contributed by atoms with Crippen molar-refractivity contribution in [3.8, 4) is 17.0 Å². The summed E-state index contributed by atoms with van der Waals surface area (Å²) in [6.45, 7) is 0.819. The molecule has 3 unspecified atom stereocenters. The van der Waals surface area contributed by atoms with Crippen molar-refractivity contribution in [1.29, 1.82) is 0 Å². The molecule has 72 heavy (non-hydrogen) atoms. The van der Waals surface area contributed by atoms with Crippen molar-refractivity contribution in [3.63, 3.8) is 0 Å². The summed E-state index contributed by atoms with van der Waals surface area (Å²) in [6.07, 6.45) is 2.22. The van der Waals surface area contributed by atoms with Gasteiger partial charge in [-0.3, -0.25) is 47.8 Å². The second-order valence-corrected chi connectivity index (χ2v) is 19.2. The molecule has 0 aliphatic carbocycles. The van der Waals surface area contributed by atoms with Crippen LogP contribution in [-0.2, 0) is 50.0 Å². The summed E-state index contributed by atoms with van der Waals surface area (Å²) in [5, 5.41) is 26.0. The molecule has 2 aliphatic rings. The number of thiazole rings is 1. The fourth-order valence-corrected chi connectivity index (χ4v) is 8.74. The highest BCUT2D eigenvalue weighted by molar-refractivity contribution is 7.89. The van der Waals surface area contributed by atoms with Crippen molar-refractivity contribution >= 4 is 67.8 Å². The first-order valence-corrected chi connectivity index (χ1v) is 25.3. The Labute approximate surface area is 417 Å². The lowest BCUT2D eigenvalue weighted by atomic mass is 10.0. The van der Waals surface area contributed by atoms with Crippen LogP contribution >= 0.6 is 11.3 Å². The first kappa shape index (κ1) is 52.5. The Morgan fingerprint density at radius 2 is 1.60 bits per heavy atom. The second-order valence-electron chi connectivity index (χ2n) is 16.4. The summed E-state index contributed by atoms with van der Waals surface area (Å²) in [7, 11) is -3.60. The van der Waals surface area contributed by atoms with Gasteiger partial charge in [0.05, 0.1) is 68.6 Å². The van der Waals surface area contributed by atoms with E-state index in [0.29, 0.717) is 16.4 Å². The molecule has 380 valence electrons. The predicted octanol–water partition coefficient (Wildman–Crippen LogP) is 1.83. The first-order chi connectivity index (χ1) is 34.6. The topological polar surface area (TPSA) is 292 Å². The minimum atomic E-state index is -3.60. The quantitative estimate of drug-likeness (QED) is 0.0359. The Kier molecular flexibility index (Phi) is 18.0. The average molecular weight is 1030 g/mol. The smallest absolute Gasteiger partial charge is 0.258 e. The molecule has 2 aromatic heterocycles. The van der Waals surface area contributed by atoms with E-state index in [0.717, 1.165) is 26.3 Å². The Balaban J connectivity index is 0.758. The Morgan fingerprint density at radius 3 is 2.31 bits per heavy atom. The SMILES string of the molecule is CS(=O)(=O)n1ccc(C(=O)NCC(COCc2ccc(C(=O)NCCOCCOCCNC(=O)COc3ccc4c(c3)C(=O)N(C3CCC(=O)NC3=O)C4O)cc2)C(=O)Nc2nc(-c3ccccc3)cs2)c1. The summed E-state index contributed by atoms with van der Waals surface area (Å²) in [6, 6.07) is 20.9. The highest BCUT2D eigenvalue weighted by Crippen LogP contribution is 2.37. The molecule has 0 bridgehead atoms. The predicted molar refractivity (Wildman–Crippen MR) is 259 cm³/mol. The number of anilines is 1. The van der Waals surface area contributed by atoms with Crippen LogP contribution in [0.25, 0.3) is 11.3 Å². The molecule has 3 aromatic carbocycles. The van der Waals surface area contributed by atoms with Gasteiger partial charge in [-0.15, -0.1) is 11.3 Å². The summed E-state index contributed by atoms with van der Waals surface area (Å²) in [4.78, 5) is 94.0. The van der Waals surface area contributed by atoms with Crippen LogP contribution in [0.3, 0.4) is 0 Å². The molecule has 6 N–H and O–H groups in total. The number of nitrogens with one attached hydrogen (secondary N) is 5. The van der Waals surface area contributed by atoms with Crippen molar-refractivity contribution in [2.75, 3.05) is 70.8 Å². The van der Waals surface area contributed by atoms with Crippen LogP contribution in [0, 0.1) is 5.92 Å². The maximum atomic E-state index is 13.5. The highest BCUT2D eigenvalue weighted by atomic mass is 32.2. The summed E-state index contributed by atoms with van der Waals surface area (Å²) >= 11 is 1.25. The average Bonchev–Trinajstić information content (AvgIpc) is 4.12. The van der Waals surface area contributed by atoms with E-state index >= 15 is 0 Å². The van der Waals surface area contributed by atoms with E-state index in [9.17, 15) is 47.1 Å². The molecular formula is C48H52N8O14S2. The molecule has 7 rings (SSSR count). The third-order valence-electron chi connectivity index (χ3n) is 11.2. The molecule has 22 nitrogen and oxygen atoms in total. The molecular weight excluding hydrogens is 977 g/mol. The fourth-order valence-electron chi connectivity index (χ4n) is 7.43. The summed E-state index contributed by atoms with van der Waals surface area (Å²) in [5.74, 6) is -4.12. The molecule has 1 fully saturated rings. The van der Waals surface area contributed by atoms with Gasteiger partial charge in [-0.2, -0.15) is 0 Å². The van der Waals surface area contributed by atoms with E-state index in [-0.39, 0.29) is 107 Å². The van der Waals surface area contributed by atoms with E-state index in [4.69, 9.17) is 18.9 Å². The van der Waals surface area contributed by atoms with Crippen LogP contribution in [0.5, 0.6) is 5.75 Å². The van der Waals surface area contributed by atoms with Crippen molar-refractivity contribution in [2.45, 2.75) is 31.7 Å². The second kappa shape index (κ2) is 24.7. The molecule has 5 aromatic rings. The molecule has 24 heteroatoms. The van der Waals surface area contributed by atoms with E-state index in [1.54, 1.807) is 24.3 Å². The van der Waals surface area contributed by atoms with E-state index in [2.05, 4.69) is 31.6 Å². The van der Waals surface area contributed by atoms with Crippen LogP contribution in [0.1, 0.15) is 61.3 Å². The minimum Gasteiger partial charge on any atom is -0.484 e. The summed E-state index contributed by atoms with van der Waals surface area (Å²) in [5.41, 5.74) is 3.21. The Hall–Kier alpha value is -7.35. The number of fused-ring (bicyclic) bond motifs is 1. The van der Waals surface area contributed by atoms with Gasteiger partial charge in [0.1, 0.15) is 11.8 Å². The molecule has 0 saturated carbocycles. The zero-order valence-corrected chi connectivity index (χ0v) is 40.5. The van der Waals surface area contributed by atoms with Gasteiger partial charge < -0.3 is 45.3 Å². The lowest BCUT2D eigenvalue weighted by Gasteiger charge is -2.31. The highest BCUT2D eigenvalue weighted by Gasteiger charge is 2.44. The van der Waals surface area contributed by atoms with Crippen molar-refractivity contribution in [2.24, 2.45) is 5.92 Å². The normalized spacial score (nSPS) is 15.9. The molecule has 0 spiro atoms. The largest absolute Gasteiger partial charge is 0.484 e. The lowest BCUT2D eigenvalue weighted by Crippen LogP contribution is -2.53. The number of imide groups is 1. The number of amides is 7. The third-order valence-corrected chi connectivity index (χ3v) is 13.0. The molecule has 4 heterocycles. The first-order valence-electron chi connectivity index (χ1n) is 22.6. The van der Waals surface area contributed by atoms with Crippen LogP contribution in [-0.4, -0.2) is 140 Å². The van der Waals surface area contributed by atoms with E-state index < -0.39 is 63.7 Å². The van der Waals surface area contributed by atoms with Gasteiger partial charge in [0.25, 0.3) is 23.6 Å². The van der Waals surface area contributed by atoms with Gasteiger partial charge in [0.15, 0.2) is 18.0 Å². The fraction of sp³-hybridized carbons (Fsp3) is 0.333. The number of nitrogens with zero attached hydrogens (tertiary/aromatic N) is 3. The lowest BCUT2D eigenvalue weighted by molar-refractivity contribution is -0.139. The van der Waals surface area contributed by atoms with Gasteiger partial charge in [0, 0.05) is 60.5 Å². The minimum absolute atomic E-state index is 0.0437. The number of carbonyl (C=O) groups excluding carboxylic acids is 7. The monoisotopic (exact) mass is 1030 g/mol. The third kappa shape index (κ3) is 14.2. The summed E-state index contributed by atoms with van der Waals surface area (Å²) < 4.78 is 47.2. The van der Waals surface area contributed by atoms with E-state index in [1.165, 1.54) is 48.0 Å². The van der Waals surface area contributed by atoms with Gasteiger partial charge in [-0.25, -0.2) is 13.4 Å². The zero-order valence-electron chi connectivity index (χ0n) is 38.9. The Bertz CT molecular complexity index is 2870. The maximum absolute atomic E-state index is 13.5. The number of carbonyl (C=O) groups is 7. The molecule has 0 radical (unpaired) electrons. The molecule has 7 amide bonds. The van der Waals surface area contributed by atoms with Crippen molar-refractivity contribution < 1.29 is 66.0 Å². The van der Waals surface area contributed by atoms with Crippen molar-refractivity contribution in [3.05, 3.63) is 124 Å². The van der Waals surface area contributed by atoms with Crippen LogP contribution < -0.4 is 31.3 Å². The standard InChI is InChI=1S/C48H52N8O14S2/c1-72(65,66)55-18-15-33(25-55)43(60)51-24-34(44(61)54-48-52-38(29-71-48)31-5-3-2-4-6-31)27-69-26-30-7-9-32(10-8-30)42(59)50-17-20-68-22-21-67-19-16-49-41(58)28-70-35-11-12-36-37(23-35)47(64)56(46(36)63)39-13-14-40(57)53-45(39)62/h2-12,15,18,23,25,29,34,39,46,63H,13-14,16-17,19-22,24,26-28H2,1H3,(H,49,58)(H,50,59)(H,51,60)(H,52,54,61)(H,53,57,62). The number of aliphatic hydroxyl groups is 1. The molecule has 2 aliphatic heterocycles. The molecule has 1 saturated heterocycles. The number of rotatable bonds is 25. The van der Waals surface area contributed by atoms with Crippen molar-refractivity contribution in [1.82, 2.24) is 35.1 Å². The number of aliphatic hydroxyl groups excluding tert-OH is 1. The van der Waals surface area contributed by atoms with Gasteiger partial charge in [0.2, 0.25) is 27.7 Å². The number of ether oxygens (including phenoxy) is 4. The number of hydrogen-bond acceptors (Lipinski definition) is 16. The van der Waals surface area contributed by atoms with Crippen LogP contribution in [0.4, 0.5) is 5.13 Å². The number of benzene rings is 3. The maximum Gasteiger partial charge on any atom is 0.258 e. The Morgan fingerprint density at radius 1 is 0.875 bits per heavy atom. The molecule has 3 atom stereocenters. The zero-order chi connectivity index (χ0) is 51.2. The van der Waals surface area contributed by atoms with Crippen LogP contribution in [0.2, 0.25) is 0 Å². The number of piperidine rings is 1. The van der Waals surface area contributed by atoms with Gasteiger partial charge in [-0.05, 0) is 42.3 Å². The van der Waals surface area contributed by atoms with Gasteiger partial charge >= 0.3 is 0 Å².